The Morgan fingerprint density at radius 3 is 2.30 bits per heavy atom. The van der Waals surface area contributed by atoms with E-state index in [1.165, 1.54) is 12.7 Å². The number of nitrogens with zero attached hydrogens (tertiary/aromatic N) is 1. The molecule has 2 aromatic rings. The molecular weight excluding hydrogens is 290 g/mol. The predicted molar refractivity (Wildman–Crippen MR) is 91.5 cm³/mol. The van der Waals surface area contributed by atoms with Crippen molar-refractivity contribution in [1.82, 2.24) is 4.90 Å². The first-order chi connectivity index (χ1) is 10.9. The van der Waals surface area contributed by atoms with E-state index in [0.29, 0.717) is 25.4 Å². The molecule has 0 heterocycles. The van der Waals surface area contributed by atoms with Gasteiger partial charge in [-0.05, 0) is 25.5 Å². The van der Waals surface area contributed by atoms with Crippen molar-refractivity contribution >= 4 is 0 Å². The number of aliphatic hydroxyl groups is 1. The van der Waals surface area contributed by atoms with Gasteiger partial charge in [-0.2, -0.15) is 0 Å². The summed E-state index contributed by atoms with van der Waals surface area (Å²) in [6.07, 6.45) is 0. The number of aromatic hydroxyl groups is 1. The lowest BCUT2D eigenvalue weighted by Crippen LogP contribution is -2.37. The zero-order chi connectivity index (χ0) is 16.9. The molecule has 0 saturated carbocycles. The summed E-state index contributed by atoms with van der Waals surface area (Å²) in [7, 11) is 1.54. The summed E-state index contributed by atoms with van der Waals surface area (Å²) in [6.45, 7) is 5.30. The zero-order valence-corrected chi connectivity index (χ0v) is 14.0. The number of para-hydroxylation sites is 1. The van der Waals surface area contributed by atoms with Gasteiger partial charge in [-0.15, -0.1) is 0 Å². The topological polar surface area (TPSA) is 52.9 Å². The Bertz CT molecular complexity index is 620. The largest absolute Gasteiger partial charge is 0.504 e. The summed E-state index contributed by atoms with van der Waals surface area (Å²) in [4.78, 5) is 2.11. The van der Waals surface area contributed by atoms with E-state index in [1.54, 1.807) is 19.9 Å². The van der Waals surface area contributed by atoms with E-state index in [0.717, 1.165) is 5.56 Å². The van der Waals surface area contributed by atoms with Crippen LogP contribution in [0.4, 0.5) is 0 Å². The molecule has 0 aromatic heterocycles. The molecule has 23 heavy (non-hydrogen) atoms. The Balaban J connectivity index is 2.20. The van der Waals surface area contributed by atoms with Crippen molar-refractivity contribution in [2.24, 2.45) is 0 Å². The van der Waals surface area contributed by atoms with Gasteiger partial charge in [0.05, 0.1) is 12.7 Å². The Hall–Kier alpha value is -2.04. The molecule has 0 amide bonds. The minimum absolute atomic E-state index is 0.156. The Labute approximate surface area is 138 Å². The van der Waals surface area contributed by atoms with Gasteiger partial charge in [-0.1, -0.05) is 42.5 Å². The molecule has 0 bridgehead atoms. The van der Waals surface area contributed by atoms with Crippen LogP contribution in [0.25, 0.3) is 0 Å². The van der Waals surface area contributed by atoms with Gasteiger partial charge in [0.2, 0.25) is 0 Å². The first-order valence-corrected chi connectivity index (χ1v) is 7.72. The summed E-state index contributed by atoms with van der Waals surface area (Å²) in [5, 5.41) is 20.5. The fraction of sp³-hybridized carbons (Fsp3) is 0.368. The monoisotopic (exact) mass is 315 g/mol. The summed E-state index contributed by atoms with van der Waals surface area (Å²) < 4.78 is 5.17. The maximum atomic E-state index is 10.3. The number of methoxy groups -OCH3 is 1. The van der Waals surface area contributed by atoms with Gasteiger partial charge in [-0.3, -0.25) is 4.90 Å². The summed E-state index contributed by atoms with van der Waals surface area (Å²) >= 11 is 0. The highest BCUT2D eigenvalue weighted by molar-refractivity contribution is 5.45. The smallest absolute Gasteiger partial charge is 0.162 e. The van der Waals surface area contributed by atoms with Crippen LogP contribution in [0.1, 0.15) is 25.0 Å². The maximum Gasteiger partial charge on any atom is 0.162 e. The molecule has 0 atom stereocenters. The van der Waals surface area contributed by atoms with Crippen LogP contribution < -0.4 is 4.74 Å². The van der Waals surface area contributed by atoms with Crippen LogP contribution in [0.2, 0.25) is 0 Å². The van der Waals surface area contributed by atoms with E-state index in [2.05, 4.69) is 17.0 Å². The third kappa shape index (κ3) is 5.27. The number of hydrogen-bond donors (Lipinski definition) is 2. The third-order valence-corrected chi connectivity index (χ3v) is 3.56. The molecule has 0 aliphatic heterocycles. The van der Waals surface area contributed by atoms with Crippen LogP contribution in [0.15, 0.2) is 48.5 Å². The van der Waals surface area contributed by atoms with Crippen molar-refractivity contribution in [2.45, 2.75) is 32.5 Å². The molecule has 0 saturated heterocycles. The van der Waals surface area contributed by atoms with E-state index in [1.807, 2.05) is 30.3 Å². The second-order valence-corrected chi connectivity index (χ2v) is 6.41. The van der Waals surface area contributed by atoms with Crippen molar-refractivity contribution in [3.05, 3.63) is 59.7 Å². The van der Waals surface area contributed by atoms with Gasteiger partial charge in [0.25, 0.3) is 0 Å². The third-order valence-electron chi connectivity index (χ3n) is 3.56. The molecule has 0 aliphatic carbocycles. The van der Waals surface area contributed by atoms with Crippen LogP contribution in [0.5, 0.6) is 11.5 Å². The lowest BCUT2D eigenvalue weighted by molar-refractivity contribution is 0.0304. The van der Waals surface area contributed by atoms with Gasteiger partial charge in [0.15, 0.2) is 11.5 Å². The summed E-state index contributed by atoms with van der Waals surface area (Å²) in [5.41, 5.74) is 1.13. The first-order valence-electron chi connectivity index (χ1n) is 7.72. The Kier molecular flexibility index (Phi) is 5.64. The second-order valence-electron chi connectivity index (χ2n) is 6.41. The fourth-order valence-corrected chi connectivity index (χ4v) is 2.66. The minimum atomic E-state index is -0.816. The second kappa shape index (κ2) is 7.49. The molecular formula is C19H25NO3. The summed E-state index contributed by atoms with van der Waals surface area (Å²) in [6, 6.07) is 15.6. The lowest BCUT2D eigenvalue weighted by atomic mass is 10.1. The Morgan fingerprint density at radius 1 is 1.00 bits per heavy atom. The van der Waals surface area contributed by atoms with Crippen LogP contribution in [0.3, 0.4) is 0 Å². The van der Waals surface area contributed by atoms with E-state index < -0.39 is 5.60 Å². The average molecular weight is 315 g/mol. The van der Waals surface area contributed by atoms with E-state index in [4.69, 9.17) is 4.74 Å². The first kappa shape index (κ1) is 17.3. The molecule has 0 aliphatic rings. The van der Waals surface area contributed by atoms with E-state index in [9.17, 15) is 10.2 Å². The quantitative estimate of drug-likeness (QED) is 0.824. The molecule has 0 spiro atoms. The molecule has 124 valence electrons. The average Bonchev–Trinajstić information content (AvgIpc) is 2.49. The van der Waals surface area contributed by atoms with Crippen molar-refractivity contribution in [3.63, 3.8) is 0 Å². The highest BCUT2D eigenvalue weighted by Crippen LogP contribution is 2.30. The van der Waals surface area contributed by atoms with Crippen LogP contribution in [-0.4, -0.2) is 34.4 Å². The molecule has 4 heteroatoms. The molecule has 0 fully saturated rings. The van der Waals surface area contributed by atoms with Gasteiger partial charge in [0, 0.05) is 25.2 Å². The van der Waals surface area contributed by atoms with Gasteiger partial charge in [0.1, 0.15) is 0 Å². The van der Waals surface area contributed by atoms with Gasteiger partial charge in [-0.25, -0.2) is 0 Å². The number of benzene rings is 2. The molecule has 2 rings (SSSR count). The molecule has 2 aromatic carbocycles. The van der Waals surface area contributed by atoms with E-state index in [-0.39, 0.29) is 5.75 Å². The van der Waals surface area contributed by atoms with Crippen molar-refractivity contribution < 1.29 is 14.9 Å². The molecule has 0 radical (unpaired) electrons. The normalized spacial score (nSPS) is 11.7. The van der Waals surface area contributed by atoms with Gasteiger partial charge >= 0.3 is 0 Å². The SMILES string of the molecule is COc1cccc(CN(Cc2ccccc2)CC(C)(C)O)c1O. The fourth-order valence-electron chi connectivity index (χ4n) is 2.66. The lowest BCUT2D eigenvalue weighted by Gasteiger charge is -2.29. The standard InChI is InChI=1S/C19H25NO3/c1-19(2,22)14-20(12-15-8-5-4-6-9-15)13-16-10-7-11-17(23-3)18(16)21/h4-11,21-22H,12-14H2,1-3H3. The number of phenols is 1. The van der Waals surface area contributed by atoms with Crippen molar-refractivity contribution in [1.29, 1.82) is 0 Å². The van der Waals surface area contributed by atoms with Crippen molar-refractivity contribution in [3.8, 4) is 11.5 Å². The number of ether oxygens (including phenoxy) is 1. The number of rotatable bonds is 7. The van der Waals surface area contributed by atoms with Crippen molar-refractivity contribution in [2.75, 3.05) is 13.7 Å². The highest BCUT2D eigenvalue weighted by atomic mass is 16.5. The zero-order valence-electron chi connectivity index (χ0n) is 14.0. The summed E-state index contributed by atoms with van der Waals surface area (Å²) in [5.74, 6) is 0.620. The molecule has 2 N–H and O–H groups in total. The number of phenolic OH excluding ortho intramolecular Hbond substituents is 1. The minimum Gasteiger partial charge on any atom is -0.504 e. The van der Waals surface area contributed by atoms with Crippen LogP contribution in [0, 0.1) is 0 Å². The number of hydrogen-bond acceptors (Lipinski definition) is 4. The molecule has 4 nitrogen and oxygen atoms in total. The maximum absolute atomic E-state index is 10.3. The van der Waals surface area contributed by atoms with Crippen LogP contribution >= 0.6 is 0 Å². The van der Waals surface area contributed by atoms with Gasteiger partial charge < -0.3 is 14.9 Å². The van der Waals surface area contributed by atoms with E-state index >= 15 is 0 Å². The highest BCUT2D eigenvalue weighted by Gasteiger charge is 2.20. The molecule has 0 unspecified atom stereocenters. The Morgan fingerprint density at radius 2 is 1.70 bits per heavy atom. The van der Waals surface area contributed by atoms with Crippen LogP contribution in [-0.2, 0) is 13.1 Å². The predicted octanol–water partition coefficient (Wildman–Crippen LogP) is 3.17.